The van der Waals surface area contributed by atoms with Crippen molar-refractivity contribution in [3.05, 3.63) is 47.9 Å². The predicted octanol–water partition coefficient (Wildman–Crippen LogP) is 3.05. The van der Waals surface area contributed by atoms with Crippen LogP contribution in [0.3, 0.4) is 0 Å². The highest BCUT2D eigenvalue weighted by Gasteiger charge is 2.43. The molecule has 3 fully saturated rings. The fraction of sp³-hybridized carbons (Fsp3) is 0.500. The van der Waals surface area contributed by atoms with E-state index in [-0.39, 0.29) is 12.1 Å². The third-order valence-electron chi connectivity index (χ3n) is 6.20. The number of sulfonamides is 1. The van der Waals surface area contributed by atoms with Crippen LogP contribution in [0.25, 0.3) is 0 Å². The molecule has 0 bridgehead atoms. The van der Waals surface area contributed by atoms with Crippen molar-refractivity contribution >= 4 is 15.8 Å². The summed E-state index contributed by atoms with van der Waals surface area (Å²) in [5.41, 5.74) is 0.494. The van der Waals surface area contributed by atoms with Crippen LogP contribution in [0.15, 0.2) is 41.4 Å². The molecule has 8 heteroatoms. The number of benzene rings is 1. The summed E-state index contributed by atoms with van der Waals surface area (Å²) in [4.78, 5) is 11.6. The Bertz CT molecular complexity index is 1070. The lowest BCUT2D eigenvalue weighted by atomic mass is 10.0. The van der Waals surface area contributed by atoms with Gasteiger partial charge in [-0.25, -0.2) is 18.4 Å². The molecule has 1 aromatic carbocycles. The minimum Gasteiger partial charge on any atom is -0.355 e. The minimum atomic E-state index is -3.51. The van der Waals surface area contributed by atoms with Crippen LogP contribution < -0.4 is 4.90 Å². The summed E-state index contributed by atoms with van der Waals surface area (Å²) in [7, 11) is -3.51. The number of aromatic nitrogens is 2. The van der Waals surface area contributed by atoms with Gasteiger partial charge in [-0.1, -0.05) is 18.2 Å². The van der Waals surface area contributed by atoms with Crippen molar-refractivity contribution in [3.63, 3.8) is 0 Å². The van der Waals surface area contributed by atoms with Gasteiger partial charge in [0, 0.05) is 31.1 Å². The molecule has 0 radical (unpaired) electrons. The molecule has 2 aliphatic carbocycles. The predicted molar refractivity (Wildman–Crippen MR) is 112 cm³/mol. The number of nitriles is 1. The quantitative estimate of drug-likeness (QED) is 0.709. The highest BCUT2D eigenvalue weighted by atomic mass is 32.2. The van der Waals surface area contributed by atoms with Crippen molar-refractivity contribution in [1.82, 2.24) is 14.3 Å². The molecule has 1 aliphatic heterocycles. The molecule has 1 aromatic heterocycles. The van der Waals surface area contributed by atoms with Crippen molar-refractivity contribution in [2.24, 2.45) is 0 Å². The van der Waals surface area contributed by atoms with Crippen LogP contribution >= 0.6 is 0 Å². The minimum absolute atomic E-state index is 0.0192. The molecule has 2 saturated carbocycles. The van der Waals surface area contributed by atoms with Crippen molar-refractivity contribution in [2.45, 2.75) is 61.4 Å². The van der Waals surface area contributed by atoms with E-state index in [1.54, 1.807) is 34.8 Å². The van der Waals surface area contributed by atoms with Crippen molar-refractivity contribution in [1.29, 1.82) is 5.26 Å². The number of anilines is 1. The van der Waals surface area contributed by atoms with E-state index >= 15 is 0 Å². The Morgan fingerprint density at radius 2 is 1.67 bits per heavy atom. The van der Waals surface area contributed by atoms with Gasteiger partial charge >= 0.3 is 0 Å². The summed E-state index contributed by atoms with van der Waals surface area (Å²) in [6, 6.07) is 11.1. The molecule has 156 valence electrons. The largest absolute Gasteiger partial charge is 0.355 e. The van der Waals surface area contributed by atoms with E-state index in [1.165, 1.54) is 0 Å². The summed E-state index contributed by atoms with van der Waals surface area (Å²) >= 11 is 0. The second-order valence-corrected chi connectivity index (χ2v) is 10.3. The molecule has 1 saturated heterocycles. The summed E-state index contributed by atoms with van der Waals surface area (Å²) in [5, 5.41) is 9.50. The van der Waals surface area contributed by atoms with Gasteiger partial charge in [0.25, 0.3) is 0 Å². The number of piperidine rings is 1. The van der Waals surface area contributed by atoms with E-state index in [0.717, 1.165) is 44.3 Å². The van der Waals surface area contributed by atoms with Gasteiger partial charge in [-0.2, -0.15) is 9.57 Å². The van der Waals surface area contributed by atoms with Gasteiger partial charge in [0.05, 0.1) is 11.1 Å². The van der Waals surface area contributed by atoms with Crippen LogP contribution in [-0.4, -0.2) is 47.9 Å². The van der Waals surface area contributed by atoms with Crippen LogP contribution in [0.1, 0.15) is 55.8 Å². The topological polar surface area (TPSA) is 90.2 Å². The molecule has 0 N–H and O–H groups in total. The molecule has 0 spiro atoms. The summed E-state index contributed by atoms with van der Waals surface area (Å²) in [6.45, 7) is 1.38. The Labute approximate surface area is 177 Å². The molecule has 30 heavy (non-hydrogen) atoms. The Morgan fingerprint density at radius 1 is 1.00 bits per heavy atom. The Kier molecular flexibility index (Phi) is 4.95. The standard InChI is InChI=1S/C22H25N5O2S/c23-14-17-15-24-21(16-6-7-16)25-22(17)26-12-10-19(11-13-26)27(18-8-9-18)30(28,29)20-4-2-1-3-5-20/h1-5,15-16,18-19H,6-13H2. The molecule has 0 unspecified atom stereocenters. The summed E-state index contributed by atoms with van der Waals surface area (Å²) < 4.78 is 28.4. The Morgan fingerprint density at radius 3 is 2.27 bits per heavy atom. The van der Waals surface area contributed by atoms with E-state index < -0.39 is 10.0 Å². The number of rotatable bonds is 6. The van der Waals surface area contributed by atoms with Crippen molar-refractivity contribution < 1.29 is 8.42 Å². The first-order valence-corrected chi connectivity index (χ1v) is 12.1. The van der Waals surface area contributed by atoms with Crippen molar-refractivity contribution in [3.8, 4) is 6.07 Å². The van der Waals surface area contributed by atoms with E-state index in [2.05, 4.69) is 16.0 Å². The average molecular weight is 424 g/mol. The lowest BCUT2D eigenvalue weighted by molar-refractivity contribution is 0.267. The molecule has 7 nitrogen and oxygen atoms in total. The van der Waals surface area contributed by atoms with Crippen LogP contribution in [0.5, 0.6) is 0 Å². The van der Waals surface area contributed by atoms with Gasteiger partial charge < -0.3 is 4.90 Å². The zero-order valence-corrected chi connectivity index (χ0v) is 17.6. The highest BCUT2D eigenvalue weighted by molar-refractivity contribution is 7.89. The van der Waals surface area contributed by atoms with Crippen LogP contribution in [0, 0.1) is 11.3 Å². The van der Waals surface area contributed by atoms with Gasteiger partial charge in [0.1, 0.15) is 23.3 Å². The maximum absolute atomic E-state index is 13.3. The molecule has 2 heterocycles. The Hall–Kier alpha value is -2.50. The third kappa shape index (κ3) is 3.68. The van der Waals surface area contributed by atoms with Gasteiger partial charge in [-0.15, -0.1) is 0 Å². The normalized spacial score (nSPS) is 20.3. The van der Waals surface area contributed by atoms with E-state index in [1.807, 2.05) is 6.07 Å². The lowest BCUT2D eigenvalue weighted by Crippen LogP contribution is -2.48. The first-order chi connectivity index (χ1) is 14.6. The fourth-order valence-corrected chi connectivity index (χ4v) is 6.26. The molecule has 2 aromatic rings. The first-order valence-electron chi connectivity index (χ1n) is 10.7. The Balaban J connectivity index is 1.35. The molecular formula is C22H25N5O2S. The second-order valence-electron chi connectivity index (χ2n) is 8.45. The number of nitrogens with zero attached hydrogens (tertiary/aromatic N) is 5. The van der Waals surface area contributed by atoms with E-state index in [9.17, 15) is 13.7 Å². The van der Waals surface area contributed by atoms with Gasteiger partial charge in [-0.05, 0) is 50.7 Å². The first kappa shape index (κ1) is 19.5. The maximum atomic E-state index is 13.3. The van der Waals surface area contributed by atoms with E-state index in [4.69, 9.17) is 4.98 Å². The third-order valence-corrected chi connectivity index (χ3v) is 8.22. The fourth-order valence-electron chi connectivity index (χ4n) is 4.31. The molecule has 0 amide bonds. The number of hydrogen-bond donors (Lipinski definition) is 0. The monoisotopic (exact) mass is 423 g/mol. The van der Waals surface area contributed by atoms with E-state index in [0.29, 0.717) is 35.3 Å². The number of hydrogen-bond acceptors (Lipinski definition) is 6. The summed E-state index contributed by atoms with van der Waals surface area (Å²) in [5.74, 6) is 1.96. The zero-order valence-electron chi connectivity index (χ0n) is 16.8. The van der Waals surface area contributed by atoms with Gasteiger partial charge in [0.15, 0.2) is 0 Å². The average Bonchev–Trinajstić information content (AvgIpc) is 3.69. The lowest BCUT2D eigenvalue weighted by Gasteiger charge is -2.38. The van der Waals surface area contributed by atoms with Crippen LogP contribution in [0.2, 0.25) is 0 Å². The molecule has 5 rings (SSSR count). The van der Waals surface area contributed by atoms with Gasteiger partial charge in [0.2, 0.25) is 10.0 Å². The van der Waals surface area contributed by atoms with Gasteiger partial charge in [-0.3, -0.25) is 0 Å². The molecule has 3 aliphatic rings. The molecular weight excluding hydrogens is 398 g/mol. The highest BCUT2D eigenvalue weighted by Crippen LogP contribution is 2.40. The van der Waals surface area contributed by atoms with Crippen molar-refractivity contribution in [2.75, 3.05) is 18.0 Å². The van der Waals surface area contributed by atoms with Crippen LogP contribution in [0.4, 0.5) is 5.82 Å². The molecule has 0 atom stereocenters. The van der Waals surface area contributed by atoms with Crippen LogP contribution in [-0.2, 0) is 10.0 Å². The maximum Gasteiger partial charge on any atom is 0.243 e. The smallest absolute Gasteiger partial charge is 0.243 e. The SMILES string of the molecule is N#Cc1cnc(C2CC2)nc1N1CCC(N(C2CC2)S(=O)(=O)c2ccccc2)CC1. The summed E-state index contributed by atoms with van der Waals surface area (Å²) in [6.07, 6.45) is 7.19. The second kappa shape index (κ2) is 7.64. The zero-order chi connectivity index (χ0) is 20.7.